The minimum absolute atomic E-state index is 0.148. The standard InChI is InChI=1S/C21H23N5O4/c1-30-17-9-7-16(8-10-17)23-20(28)14-6-11-18-24-26(21(29)25(18)12-14)13-19(27)22-15-4-2-3-5-15/h6-12,15H,2-5,13H2,1H3,(H,22,27)(H,23,28). The Morgan fingerprint density at radius 1 is 1.13 bits per heavy atom. The lowest BCUT2D eigenvalue weighted by molar-refractivity contribution is -0.122. The van der Waals surface area contributed by atoms with Gasteiger partial charge in [0.25, 0.3) is 5.91 Å². The lowest BCUT2D eigenvalue weighted by atomic mass is 10.2. The van der Waals surface area contributed by atoms with Gasteiger partial charge < -0.3 is 15.4 Å². The number of nitrogens with zero attached hydrogens (tertiary/aromatic N) is 3. The minimum Gasteiger partial charge on any atom is -0.497 e. The zero-order valence-corrected chi connectivity index (χ0v) is 16.6. The number of aromatic nitrogens is 3. The molecule has 2 N–H and O–H groups in total. The number of fused-ring (bicyclic) bond motifs is 1. The van der Waals surface area contributed by atoms with E-state index in [0.717, 1.165) is 30.4 Å². The van der Waals surface area contributed by atoms with Crippen molar-refractivity contribution in [3.8, 4) is 5.75 Å². The van der Waals surface area contributed by atoms with Crippen molar-refractivity contribution < 1.29 is 14.3 Å². The summed E-state index contributed by atoms with van der Waals surface area (Å²) in [6.07, 6.45) is 5.59. The highest BCUT2D eigenvalue weighted by atomic mass is 16.5. The molecule has 9 nitrogen and oxygen atoms in total. The number of amides is 2. The summed E-state index contributed by atoms with van der Waals surface area (Å²) in [5, 5.41) is 9.91. The van der Waals surface area contributed by atoms with Crippen LogP contribution in [-0.4, -0.2) is 39.1 Å². The van der Waals surface area contributed by atoms with Gasteiger partial charge in [-0.15, -0.1) is 5.10 Å². The maximum Gasteiger partial charge on any atom is 0.350 e. The van der Waals surface area contributed by atoms with E-state index in [2.05, 4.69) is 15.7 Å². The van der Waals surface area contributed by atoms with E-state index in [4.69, 9.17) is 4.74 Å². The number of benzene rings is 1. The van der Waals surface area contributed by atoms with Crippen molar-refractivity contribution in [2.24, 2.45) is 0 Å². The number of pyridine rings is 1. The average Bonchev–Trinajstić information content (AvgIpc) is 3.36. The maximum absolute atomic E-state index is 12.6. The van der Waals surface area contributed by atoms with E-state index in [1.807, 2.05) is 0 Å². The van der Waals surface area contributed by atoms with Crippen LogP contribution in [-0.2, 0) is 11.3 Å². The Kier molecular flexibility index (Phi) is 5.51. The number of anilines is 1. The smallest absolute Gasteiger partial charge is 0.350 e. The monoisotopic (exact) mass is 409 g/mol. The van der Waals surface area contributed by atoms with E-state index >= 15 is 0 Å². The second-order valence-electron chi connectivity index (χ2n) is 7.32. The van der Waals surface area contributed by atoms with E-state index in [9.17, 15) is 14.4 Å². The molecule has 0 spiro atoms. The van der Waals surface area contributed by atoms with Gasteiger partial charge in [-0.2, -0.15) is 0 Å². The number of carbonyl (C=O) groups excluding carboxylic acids is 2. The summed E-state index contributed by atoms with van der Waals surface area (Å²) in [6, 6.07) is 10.3. The third kappa shape index (κ3) is 4.19. The van der Waals surface area contributed by atoms with Gasteiger partial charge in [0.05, 0.1) is 12.7 Å². The Hall–Kier alpha value is -3.62. The van der Waals surface area contributed by atoms with Crippen molar-refractivity contribution in [3.63, 3.8) is 0 Å². The SMILES string of the molecule is COc1ccc(NC(=O)c2ccc3nn(CC(=O)NC4CCCC4)c(=O)n3c2)cc1. The molecule has 9 heteroatoms. The average molecular weight is 409 g/mol. The molecule has 1 aliphatic rings. The van der Waals surface area contributed by atoms with Gasteiger partial charge in [-0.25, -0.2) is 13.9 Å². The van der Waals surface area contributed by atoms with Crippen LogP contribution in [0, 0.1) is 0 Å². The van der Waals surface area contributed by atoms with E-state index in [1.54, 1.807) is 43.5 Å². The van der Waals surface area contributed by atoms with Gasteiger partial charge in [-0.05, 0) is 49.2 Å². The predicted molar refractivity (Wildman–Crippen MR) is 111 cm³/mol. The number of nitrogens with one attached hydrogen (secondary N) is 2. The molecule has 156 valence electrons. The normalized spacial score (nSPS) is 14.0. The molecule has 2 amide bonds. The summed E-state index contributed by atoms with van der Waals surface area (Å²) >= 11 is 0. The van der Waals surface area contributed by atoms with Crippen LogP contribution in [0.25, 0.3) is 5.65 Å². The van der Waals surface area contributed by atoms with E-state index in [0.29, 0.717) is 22.6 Å². The van der Waals surface area contributed by atoms with Crippen LogP contribution < -0.4 is 21.1 Å². The summed E-state index contributed by atoms with van der Waals surface area (Å²) in [5.74, 6) is 0.0934. The first-order valence-corrected chi connectivity index (χ1v) is 9.87. The van der Waals surface area contributed by atoms with Crippen molar-refractivity contribution in [2.75, 3.05) is 12.4 Å². The summed E-state index contributed by atoms with van der Waals surface area (Å²) in [5.41, 5.74) is 0.809. The van der Waals surface area contributed by atoms with Crippen molar-refractivity contribution in [1.82, 2.24) is 19.5 Å². The number of carbonyl (C=O) groups is 2. The first-order valence-electron chi connectivity index (χ1n) is 9.87. The maximum atomic E-state index is 12.6. The molecule has 0 bridgehead atoms. The van der Waals surface area contributed by atoms with E-state index in [1.165, 1.54) is 10.6 Å². The van der Waals surface area contributed by atoms with Crippen molar-refractivity contribution >= 4 is 23.1 Å². The zero-order chi connectivity index (χ0) is 21.1. The quantitative estimate of drug-likeness (QED) is 0.646. The van der Waals surface area contributed by atoms with Gasteiger partial charge in [0, 0.05) is 17.9 Å². The number of ether oxygens (including phenoxy) is 1. The van der Waals surface area contributed by atoms with Crippen molar-refractivity contribution in [1.29, 1.82) is 0 Å². The summed E-state index contributed by atoms with van der Waals surface area (Å²) in [4.78, 5) is 37.4. The molecule has 2 aromatic heterocycles. The molecule has 4 rings (SSSR count). The molecule has 0 atom stereocenters. The van der Waals surface area contributed by atoms with Crippen LogP contribution in [0.15, 0.2) is 47.4 Å². The van der Waals surface area contributed by atoms with Crippen LogP contribution in [0.2, 0.25) is 0 Å². The van der Waals surface area contributed by atoms with Crippen LogP contribution in [0.1, 0.15) is 36.0 Å². The second kappa shape index (κ2) is 8.40. The topological polar surface area (TPSA) is 107 Å². The Morgan fingerprint density at radius 3 is 2.57 bits per heavy atom. The molecule has 3 aromatic rings. The van der Waals surface area contributed by atoms with Crippen LogP contribution in [0.5, 0.6) is 5.75 Å². The predicted octanol–water partition coefficient (Wildman–Crippen LogP) is 1.82. The molecule has 0 aliphatic heterocycles. The van der Waals surface area contributed by atoms with E-state index < -0.39 is 5.69 Å². The summed E-state index contributed by atoms with van der Waals surface area (Å²) in [7, 11) is 1.57. The number of rotatable bonds is 6. The molecule has 0 unspecified atom stereocenters. The van der Waals surface area contributed by atoms with Crippen LogP contribution in [0.4, 0.5) is 5.69 Å². The molecule has 1 fully saturated rings. The van der Waals surface area contributed by atoms with Gasteiger partial charge in [0.1, 0.15) is 12.3 Å². The highest BCUT2D eigenvalue weighted by Crippen LogP contribution is 2.18. The van der Waals surface area contributed by atoms with Gasteiger partial charge >= 0.3 is 5.69 Å². The Labute approximate surface area is 172 Å². The first kappa shape index (κ1) is 19.7. The molecule has 1 aliphatic carbocycles. The lowest BCUT2D eigenvalue weighted by Gasteiger charge is -2.10. The third-order valence-corrected chi connectivity index (χ3v) is 5.20. The van der Waals surface area contributed by atoms with Gasteiger partial charge in [-0.1, -0.05) is 12.8 Å². The molecule has 30 heavy (non-hydrogen) atoms. The van der Waals surface area contributed by atoms with E-state index in [-0.39, 0.29) is 24.4 Å². The Morgan fingerprint density at radius 2 is 1.87 bits per heavy atom. The molecule has 2 heterocycles. The summed E-state index contributed by atoms with van der Waals surface area (Å²) in [6.45, 7) is -0.148. The minimum atomic E-state index is -0.467. The molecule has 1 saturated carbocycles. The fraction of sp³-hybridized carbons (Fsp3) is 0.333. The Bertz CT molecular complexity index is 1130. The van der Waals surface area contributed by atoms with Crippen molar-refractivity contribution in [2.45, 2.75) is 38.3 Å². The zero-order valence-electron chi connectivity index (χ0n) is 16.6. The van der Waals surface area contributed by atoms with Crippen LogP contribution >= 0.6 is 0 Å². The van der Waals surface area contributed by atoms with Gasteiger partial charge in [-0.3, -0.25) is 9.59 Å². The highest BCUT2D eigenvalue weighted by Gasteiger charge is 2.19. The largest absolute Gasteiger partial charge is 0.497 e. The Balaban J connectivity index is 1.49. The van der Waals surface area contributed by atoms with Gasteiger partial charge in [0.15, 0.2) is 5.65 Å². The second-order valence-corrected chi connectivity index (χ2v) is 7.32. The lowest BCUT2D eigenvalue weighted by Crippen LogP contribution is -2.37. The fourth-order valence-corrected chi connectivity index (χ4v) is 3.61. The number of methoxy groups -OCH3 is 1. The molecule has 0 saturated heterocycles. The third-order valence-electron chi connectivity index (χ3n) is 5.20. The van der Waals surface area contributed by atoms with Crippen LogP contribution in [0.3, 0.4) is 0 Å². The highest BCUT2D eigenvalue weighted by molar-refractivity contribution is 6.04. The fourth-order valence-electron chi connectivity index (χ4n) is 3.61. The molecular formula is C21H23N5O4. The first-order chi connectivity index (χ1) is 14.5. The van der Waals surface area contributed by atoms with Crippen molar-refractivity contribution in [3.05, 3.63) is 58.6 Å². The molecular weight excluding hydrogens is 386 g/mol. The van der Waals surface area contributed by atoms with Gasteiger partial charge in [0.2, 0.25) is 5.91 Å². The molecule has 0 radical (unpaired) electrons. The number of hydrogen-bond acceptors (Lipinski definition) is 5. The summed E-state index contributed by atoms with van der Waals surface area (Å²) < 4.78 is 7.48. The molecule has 1 aromatic carbocycles. The number of hydrogen-bond donors (Lipinski definition) is 2.